The maximum absolute atomic E-state index is 9.57. The Balaban J connectivity index is 2.74. The third-order valence-corrected chi connectivity index (χ3v) is 5.02. The molecular weight excluding hydrogens is 234 g/mol. The van der Waals surface area contributed by atoms with Crippen molar-refractivity contribution in [1.82, 2.24) is 0 Å². The molecule has 19 heavy (non-hydrogen) atoms. The summed E-state index contributed by atoms with van der Waals surface area (Å²) in [5.74, 6) is 0. The fourth-order valence-electron chi connectivity index (χ4n) is 3.17. The molecular formula is C17H23NO. The molecule has 1 aliphatic rings. The largest absolute Gasteiger partial charge is 0.379 e. The lowest BCUT2D eigenvalue weighted by Crippen LogP contribution is -2.57. The smallest absolute Gasteiger partial charge is 0.0695 e. The van der Waals surface area contributed by atoms with Gasteiger partial charge in [-0.1, -0.05) is 6.07 Å². The first kappa shape index (κ1) is 14.1. The van der Waals surface area contributed by atoms with Gasteiger partial charge in [0, 0.05) is 0 Å². The summed E-state index contributed by atoms with van der Waals surface area (Å²) in [7, 11) is 0. The van der Waals surface area contributed by atoms with Gasteiger partial charge in [0.2, 0.25) is 0 Å². The molecule has 0 radical (unpaired) electrons. The normalized spacial score (nSPS) is 17.7. The lowest BCUT2D eigenvalue weighted by atomic mass is 9.58. The van der Waals surface area contributed by atoms with Crippen LogP contribution in [0.15, 0.2) is 6.07 Å². The number of nitriles is 1. The maximum Gasteiger partial charge on any atom is 0.0695 e. The van der Waals surface area contributed by atoms with Crippen LogP contribution >= 0.6 is 0 Å². The fraction of sp³-hybridized carbons (Fsp3) is 0.588. The molecule has 2 nitrogen and oxygen atoms in total. The van der Waals surface area contributed by atoms with Crippen molar-refractivity contribution < 1.29 is 4.74 Å². The van der Waals surface area contributed by atoms with E-state index in [2.05, 4.69) is 39.8 Å². The molecule has 102 valence electrons. The highest BCUT2D eigenvalue weighted by Crippen LogP contribution is 2.49. The van der Waals surface area contributed by atoms with E-state index in [0.29, 0.717) is 13.2 Å². The van der Waals surface area contributed by atoms with E-state index in [1.807, 2.05) is 13.8 Å². The van der Waals surface area contributed by atoms with E-state index >= 15 is 0 Å². The lowest BCUT2D eigenvalue weighted by molar-refractivity contribution is -0.103. The van der Waals surface area contributed by atoms with Gasteiger partial charge in [-0.2, -0.15) is 5.26 Å². The van der Waals surface area contributed by atoms with E-state index < -0.39 is 5.41 Å². The molecule has 0 unspecified atom stereocenters. The van der Waals surface area contributed by atoms with Crippen LogP contribution in [0.2, 0.25) is 0 Å². The molecule has 2 rings (SSSR count). The van der Waals surface area contributed by atoms with Gasteiger partial charge in [-0.05, 0) is 69.4 Å². The SMILES string of the molecule is Cc1cc(C)c(C)c(C2(C(C)(C)C#N)COC2)c1C. The molecule has 1 heterocycles. The minimum absolute atomic E-state index is 0.160. The van der Waals surface area contributed by atoms with Crippen molar-refractivity contribution in [3.05, 3.63) is 33.9 Å². The van der Waals surface area contributed by atoms with Crippen LogP contribution in [0.1, 0.15) is 41.7 Å². The van der Waals surface area contributed by atoms with Crippen molar-refractivity contribution in [3.8, 4) is 6.07 Å². The first-order valence-electron chi connectivity index (χ1n) is 6.84. The van der Waals surface area contributed by atoms with Crippen LogP contribution in [-0.2, 0) is 10.2 Å². The second kappa shape index (κ2) is 4.35. The number of benzene rings is 1. The highest BCUT2D eigenvalue weighted by atomic mass is 16.5. The van der Waals surface area contributed by atoms with Crippen molar-refractivity contribution in [2.45, 2.75) is 47.0 Å². The zero-order valence-corrected chi connectivity index (χ0v) is 12.8. The van der Waals surface area contributed by atoms with Gasteiger partial charge in [0.15, 0.2) is 0 Å². The van der Waals surface area contributed by atoms with Crippen LogP contribution in [0.3, 0.4) is 0 Å². The average molecular weight is 257 g/mol. The number of hydrogen-bond donors (Lipinski definition) is 0. The topological polar surface area (TPSA) is 33.0 Å². The third kappa shape index (κ3) is 1.80. The van der Waals surface area contributed by atoms with Crippen LogP contribution in [-0.4, -0.2) is 13.2 Å². The molecule has 0 aliphatic carbocycles. The van der Waals surface area contributed by atoms with Crippen molar-refractivity contribution >= 4 is 0 Å². The van der Waals surface area contributed by atoms with Gasteiger partial charge in [0.05, 0.1) is 30.1 Å². The van der Waals surface area contributed by atoms with Crippen LogP contribution in [0.5, 0.6) is 0 Å². The minimum atomic E-state index is -0.416. The number of ether oxygens (including phenoxy) is 1. The summed E-state index contributed by atoms with van der Waals surface area (Å²) in [5.41, 5.74) is 6.00. The van der Waals surface area contributed by atoms with Gasteiger partial charge in [0.25, 0.3) is 0 Å². The first-order chi connectivity index (χ1) is 8.77. The van der Waals surface area contributed by atoms with Crippen LogP contribution in [0, 0.1) is 44.4 Å². The van der Waals surface area contributed by atoms with Crippen molar-refractivity contribution in [1.29, 1.82) is 5.26 Å². The molecule has 0 amide bonds. The van der Waals surface area contributed by atoms with E-state index in [1.165, 1.54) is 27.8 Å². The van der Waals surface area contributed by atoms with Gasteiger partial charge in [-0.3, -0.25) is 0 Å². The number of rotatable bonds is 2. The van der Waals surface area contributed by atoms with Gasteiger partial charge < -0.3 is 4.74 Å². The molecule has 0 bridgehead atoms. The zero-order chi connectivity index (χ0) is 14.4. The number of aryl methyl sites for hydroxylation is 2. The Bertz CT molecular complexity index is 533. The Hall–Kier alpha value is -1.33. The second-order valence-corrected chi connectivity index (χ2v) is 6.45. The standard InChI is InChI=1S/C17H23NO/c1-11-7-12(2)14(4)15(13(11)3)17(9-19-10-17)16(5,6)8-18/h7H,9-10H2,1-6H3. The van der Waals surface area contributed by atoms with E-state index in [4.69, 9.17) is 4.74 Å². The van der Waals surface area contributed by atoms with Crippen molar-refractivity contribution in [2.24, 2.45) is 5.41 Å². The predicted molar refractivity (Wildman–Crippen MR) is 77.3 cm³/mol. The Labute approximate surface area is 116 Å². The van der Waals surface area contributed by atoms with Gasteiger partial charge in [0.1, 0.15) is 0 Å². The number of hydrogen-bond acceptors (Lipinski definition) is 2. The van der Waals surface area contributed by atoms with Gasteiger partial charge >= 0.3 is 0 Å². The predicted octanol–water partition coefficient (Wildman–Crippen LogP) is 3.74. The third-order valence-electron chi connectivity index (χ3n) is 5.02. The Morgan fingerprint density at radius 2 is 1.58 bits per heavy atom. The zero-order valence-electron chi connectivity index (χ0n) is 12.8. The summed E-state index contributed by atoms with van der Waals surface area (Å²) in [5, 5.41) is 9.57. The van der Waals surface area contributed by atoms with Crippen molar-refractivity contribution in [2.75, 3.05) is 13.2 Å². The summed E-state index contributed by atoms with van der Waals surface area (Å²) in [6.45, 7) is 14.0. The minimum Gasteiger partial charge on any atom is -0.379 e. The van der Waals surface area contributed by atoms with Gasteiger partial charge in [-0.15, -0.1) is 0 Å². The highest BCUT2D eigenvalue weighted by molar-refractivity contribution is 5.51. The summed E-state index contributed by atoms with van der Waals surface area (Å²) in [6.07, 6.45) is 0. The van der Waals surface area contributed by atoms with Gasteiger partial charge in [-0.25, -0.2) is 0 Å². The molecule has 2 heteroatoms. The van der Waals surface area contributed by atoms with Crippen LogP contribution in [0.4, 0.5) is 0 Å². The Morgan fingerprint density at radius 3 is 1.89 bits per heavy atom. The molecule has 0 spiro atoms. The molecule has 1 aromatic rings. The number of nitrogens with zero attached hydrogens (tertiary/aromatic N) is 1. The fourth-order valence-corrected chi connectivity index (χ4v) is 3.17. The maximum atomic E-state index is 9.57. The Kier molecular flexibility index (Phi) is 3.23. The van der Waals surface area contributed by atoms with Crippen LogP contribution < -0.4 is 0 Å². The first-order valence-corrected chi connectivity index (χ1v) is 6.84. The monoisotopic (exact) mass is 257 g/mol. The summed E-state index contributed by atoms with van der Waals surface area (Å²) >= 11 is 0. The highest BCUT2D eigenvalue weighted by Gasteiger charge is 2.54. The molecule has 0 saturated carbocycles. The molecule has 1 fully saturated rings. The summed E-state index contributed by atoms with van der Waals surface area (Å²) < 4.78 is 5.52. The molecule has 0 N–H and O–H groups in total. The average Bonchev–Trinajstić information content (AvgIpc) is 2.29. The Morgan fingerprint density at radius 1 is 1.11 bits per heavy atom. The van der Waals surface area contributed by atoms with Crippen LogP contribution in [0.25, 0.3) is 0 Å². The molecule has 0 aromatic heterocycles. The quantitative estimate of drug-likeness (QED) is 0.808. The molecule has 0 atom stereocenters. The van der Waals surface area contributed by atoms with E-state index in [-0.39, 0.29) is 5.41 Å². The summed E-state index contributed by atoms with van der Waals surface area (Å²) in [6, 6.07) is 4.73. The molecule has 1 aliphatic heterocycles. The molecule has 1 aromatic carbocycles. The van der Waals surface area contributed by atoms with E-state index in [0.717, 1.165) is 0 Å². The van der Waals surface area contributed by atoms with Crippen molar-refractivity contribution in [3.63, 3.8) is 0 Å². The molecule has 1 saturated heterocycles. The lowest BCUT2D eigenvalue weighted by Gasteiger charge is -2.51. The van der Waals surface area contributed by atoms with E-state index in [9.17, 15) is 5.26 Å². The second-order valence-electron chi connectivity index (χ2n) is 6.45. The summed E-state index contributed by atoms with van der Waals surface area (Å²) in [4.78, 5) is 0. The van der Waals surface area contributed by atoms with E-state index in [1.54, 1.807) is 0 Å².